The van der Waals surface area contributed by atoms with Gasteiger partial charge in [0, 0.05) is 16.4 Å². The molecule has 1 nitrogen and oxygen atoms in total. The van der Waals surface area contributed by atoms with E-state index in [0.29, 0.717) is 11.6 Å². The maximum Gasteiger partial charge on any atom is 0.147 e. The third kappa shape index (κ3) is 3.29. The first-order valence-corrected chi connectivity index (χ1v) is 8.30. The number of rotatable bonds is 3. The largest absolute Gasteiger partial charge is 0.378 e. The molecule has 1 aliphatic rings. The third-order valence-corrected chi connectivity index (χ3v) is 4.95. The van der Waals surface area contributed by atoms with Crippen molar-refractivity contribution >= 4 is 21.6 Å². The van der Waals surface area contributed by atoms with Crippen molar-refractivity contribution in [2.75, 3.05) is 5.32 Å². The molecule has 2 aromatic rings. The lowest BCUT2D eigenvalue weighted by molar-refractivity contribution is 0.404. The minimum atomic E-state index is -0.193. The lowest BCUT2D eigenvalue weighted by atomic mass is 9.80. The van der Waals surface area contributed by atoms with Crippen molar-refractivity contribution in [2.45, 2.75) is 37.6 Å². The minimum Gasteiger partial charge on any atom is -0.378 e. The normalized spacial score (nSPS) is 22.0. The Labute approximate surface area is 133 Å². The fourth-order valence-electron chi connectivity index (χ4n) is 3.22. The zero-order valence-electron chi connectivity index (χ0n) is 11.9. The molecule has 2 atom stereocenters. The third-order valence-electron chi connectivity index (χ3n) is 4.29. The fraction of sp³-hybridized carbons (Fsp3) is 0.333. The second-order valence-electron chi connectivity index (χ2n) is 5.65. The molecule has 3 heteroatoms. The fourth-order valence-corrected chi connectivity index (χ4v) is 3.68. The van der Waals surface area contributed by atoms with Crippen LogP contribution in [0, 0.1) is 5.82 Å². The average Bonchev–Trinajstić information content (AvgIpc) is 2.52. The predicted molar refractivity (Wildman–Crippen MR) is 89.2 cm³/mol. The van der Waals surface area contributed by atoms with Crippen LogP contribution < -0.4 is 5.32 Å². The molecule has 0 aliphatic heterocycles. The maximum atomic E-state index is 14.0. The predicted octanol–water partition coefficient (Wildman–Crippen LogP) is 5.73. The monoisotopic (exact) mass is 347 g/mol. The van der Waals surface area contributed by atoms with E-state index in [1.54, 1.807) is 6.07 Å². The maximum absolute atomic E-state index is 14.0. The molecule has 2 unspecified atom stereocenters. The highest BCUT2D eigenvalue weighted by Gasteiger charge is 2.27. The minimum absolute atomic E-state index is 0.193. The number of para-hydroxylation sites is 1. The first-order valence-electron chi connectivity index (χ1n) is 7.51. The lowest BCUT2D eigenvalue weighted by Gasteiger charge is -2.33. The summed E-state index contributed by atoms with van der Waals surface area (Å²) in [5.41, 5.74) is 1.94. The van der Waals surface area contributed by atoms with Crippen molar-refractivity contribution in [3.8, 4) is 0 Å². The summed E-state index contributed by atoms with van der Waals surface area (Å²) in [4.78, 5) is 0. The quantitative estimate of drug-likeness (QED) is 0.747. The molecular weight excluding hydrogens is 329 g/mol. The van der Waals surface area contributed by atoms with Crippen LogP contribution in [0.4, 0.5) is 10.1 Å². The molecule has 0 heterocycles. The van der Waals surface area contributed by atoms with Crippen molar-refractivity contribution < 1.29 is 4.39 Å². The highest BCUT2D eigenvalue weighted by Crippen LogP contribution is 2.36. The van der Waals surface area contributed by atoms with Crippen LogP contribution in [0.5, 0.6) is 0 Å². The number of hydrogen-bond donors (Lipinski definition) is 1. The lowest BCUT2D eigenvalue weighted by Crippen LogP contribution is -2.31. The molecule has 0 radical (unpaired) electrons. The van der Waals surface area contributed by atoms with Gasteiger partial charge < -0.3 is 5.32 Å². The average molecular weight is 348 g/mol. The van der Waals surface area contributed by atoms with Crippen LogP contribution in [0.25, 0.3) is 0 Å². The molecule has 21 heavy (non-hydrogen) atoms. The molecule has 2 aromatic carbocycles. The van der Waals surface area contributed by atoms with E-state index in [4.69, 9.17) is 0 Å². The van der Waals surface area contributed by atoms with Crippen molar-refractivity contribution in [1.82, 2.24) is 0 Å². The first-order chi connectivity index (χ1) is 10.3. The summed E-state index contributed by atoms with van der Waals surface area (Å²) in [6.45, 7) is 0. The van der Waals surface area contributed by atoms with Crippen molar-refractivity contribution in [3.63, 3.8) is 0 Å². The topological polar surface area (TPSA) is 12.0 Å². The summed E-state index contributed by atoms with van der Waals surface area (Å²) in [6, 6.07) is 16.0. The molecule has 1 fully saturated rings. The van der Waals surface area contributed by atoms with E-state index in [2.05, 4.69) is 45.5 Å². The molecule has 0 spiro atoms. The van der Waals surface area contributed by atoms with Crippen molar-refractivity contribution in [1.29, 1.82) is 0 Å². The van der Waals surface area contributed by atoms with E-state index in [1.807, 2.05) is 12.1 Å². The van der Waals surface area contributed by atoms with Gasteiger partial charge in [0.2, 0.25) is 0 Å². The Morgan fingerprint density at radius 1 is 0.952 bits per heavy atom. The van der Waals surface area contributed by atoms with Gasteiger partial charge in [-0.2, -0.15) is 0 Å². The van der Waals surface area contributed by atoms with Gasteiger partial charge >= 0.3 is 0 Å². The van der Waals surface area contributed by atoms with Gasteiger partial charge in [-0.15, -0.1) is 0 Å². The van der Waals surface area contributed by atoms with Crippen LogP contribution in [-0.2, 0) is 0 Å². The summed E-state index contributed by atoms with van der Waals surface area (Å²) in [5.74, 6) is 0.258. The Morgan fingerprint density at radius 3 is 2.48 bits per heavy atom. The molecule has 0 aromatic heterocycles. The highest BCUT2D eigenvalue weighted by molar-refractivity contribution is 9.10. The Kier molecular flexibility index (Phi) is 4.59. The van der Waals surface area contributed by atoms with Gasteiger partial charge in [-0.25, -0.2) is 4.39 Å². The summed E-state index contributed by atoms with van der Waals surface area (Å²) >= 11 is 3.45. The van der Waals surface area contributed by atoms with E-state index in [0.717, 1.165) is 17.3 Å². The number of benzene rings is 2. The summed E-state index contributed by atoms with van der Waals surface area (Å²) in [7, 11) is 0. The number of halogens is 2. The standard InChI is InChI=1S/C18H19BrFN/c19-15-10-6-11-16(20)18(15)21-17-12-5-4-9-14(17)13-7-2-1-3-8-13/h1-3,6-8,10-11,14,17,21H,4-5,9,12H2. The summed E-state index contributed by atoms with van der Waals surface area (Å²) < 4.78 is 14.8. The summed E-state index contributed by atoms with van der Waals surface area (Å²) in [5, 5.41) is 3.44. The van der Waals surface area contributed by atoms with Gasteiger partial charge in [0.1, 0.15) is 5.82 Å². The van der Waals surface area contributed by atoms with Gasteiger partial charge in [-0.05, 0) is 46.5 Å². The Morgan fingerprint density at radius 2 is 1.71 bits per heavy atom. The van der Waals surface area contributed by atoms with E-state index < -0.39 is 0 Å². The molecule has 1 aliphatic carbocycles. The molecule has 110 valence electrons. The zero-order chi connectivity index (χ0) is 14.7. The van der Waals surface area contributed by atoms with Crippen molar-refractivity contribution in [2.24, 2.45) is 0 Å². The molecule has 1 N–H and O–H groups in total. The Hall–Kier alpha value is -1.35. The molecule has 0 bridgehead atoms. The number of hydrogen-bond acceptors (Lipinski definition) is 1. The highest BCUT2D eigenvalue weighted by atomic mass is 79.9. The van der Waals surface area contributed by atoms with Crippen molar-refractivity contribution in [3.05, 3.63) is 64.4 Å². The van der Waals surface area contributed by atoms with Crippen LogP contribution >= 0.6 is 15.9 Å². The molecule has 0 amide bonds. The number of nitrogens with one attached hydrogen (secondary N) is 1. The van der Waals surface area contributed by atoms with Crippen LogP contribution in [0.15, 0.2) is 53.0 Å². The van der Waals surface area contributed by atoms with E-state index in [9.17, 15) is 4.39 Å². The number of anilines is 1. The SMILES string of the molecule is Fc1cccc(Br)c1NC1CCCCC1c1ccccc1. The second kappa shape index (κ2) is 6.61. The molecule has 1 saturated carbocycles. The van der Waals surface area contributed by atoms with Gasteiger partial charge in [-0.1, -0.05) is 49.2 Å². The summed E-state index contributed by atoms with van der Waals surface area (Å²) in [6.07, 6.45) is 4.69. The van der Waals surface area contributed by atoms with Gasteiger partial charge in [-0.3, -0.25) is 0 Å². The molecule has 0 saturated heterocycles. The van der Waals surface area contributed by atoms with Crippen LogP contribution in [-0.4, -0.2) is 6.04 Å². The second-order valence-corrected chi connectivity index (χ2v) is 6.50. The Bertz CT molecular complexity index is 579. The smallest absolute Gasteiger partial charge is 0.147 e. The van der Waals surface area contributed by atoms with Crippen LogP contribution in [0.3, 0.4) is 0 Å². The Balaban J connectivity index is 1.85. The van der Waals surface area contributed by atoms with E-state index >= 15 is 0 Å². The van der Waals surface area contributed by atoms with Gasteiger partial charge in [0.25, 0.3) is 0 Å². The van der Waals surface area contributed by atoms with Gasteiger partial charge in [0.05, 0.1) is 5.69 Å². The first kappa shape index (κ1) is 14.6. The van der Waals surface area contributed by atoms with Crippen LogP contribution in [0.1, 0.15) is 37.2 Å². The van der Waals surface area contributed by atoms with E-state index in [1.165, 1.54) is 24.5 Å². The van der Waals surface area contributed by atoms with Crippen LogP contribution in [0.2, 0.25) is 0 Å². The zero-order valence-corrected chi connectivity index (χ0v) is 13.4. The van der Waals surface area contributed by atoms with Gasteiger partial charge in [0.15, 0.2) is 0 Å². The van der Waals surface area contributed by atoms with E-state index in [-0.39, 0.29) is 11.9 Å². The molecular formula is C18H19BrFN. The molecule has 3 rings (SSSR count).